The van der Waals surface area contributed by atoms with Crippen molar-refractivity contribution < 1.29 is 25.9 Å². The summed E-state index contributed by atoms with van der Waals surface area (Å²) in [5.74, 6) is 0. The van der Waals surface area contributed by atoms with Crippen LogP contribution >= 0.6 is 11.6 Å². The standard InChI is InChI=1S/C12H8ClO6S2/c13-11-6-2-5-10(12(11)21(17,18)19)8-3-1-4-9(7-8)20(14,15)16/h1-4,6-7H,(H,14,15,16)(H,17,18,19). The van der Waals surface area contributed by atoms with Crippen molar-refractivity contribution >= 4 is 31.8 Å². The van der Waals surface area contributed by atoms with Gasteiger partial charge in [-0.3, -0.25) is 9.11 Å². The monoisotopic (exact) mass is 347 g/mol. The SMILES string of the molecule is O=S(=O)(O)c1cccc(-c2[c]ccc(Cl)c2S(=O)(=O)O)c1. The second-order valence-electron chi connectivity index (χ2n) is 4.01. The van der Waals surface area contributed by atoms with Gasteiger partial charge in [-0.15, -0.1) is 0 Å². The number of hydrogen-bond acceptors (Lipinski definition) is 4. The first-order chi connectivity index (χ1) is 9.60. The summed E-state index contributed by atoms with van der Waals surface area (Å²) >= 11 is 5.77. The van der Waals surface area contributed by atoms with Crippen molar-refractivity contribution in [2.45, 2.75) is 9.79 Å². The van der Waals surface area contributed by atoms with Crippen molar-refractivity contribution in [1.29, 1.82) is 0 Å². The minimum atomic E-state index is -4.64. The van der Waals surface area contributed by atoms with Crippen LogP contribution in [-0.2, 0) is 20.2 Å². The topological polar surface area (TPSA) is 109 Å². The molecule has 0 aliphatic carbocycles. The van der Waals surface area contributed by atoms with Crippen LogP contribution in [0.4, 0.5) is 0 Å². The Balaban J connectivity index is 2.78. The third-order valence-electron chi connectivity index (χ3n) is 2.58. The zero-order valence-corrected chi connectivity index (χ0v) is 12.6. The summed E-state index contributed by atoms with van der Waals surface area (Å²) in [5, 5.41) is -0.233. The van der Waals surface area contributed by atoms with Gasteiger partial charge in [0.25, 0.3) is 20.2 Å². The third-order valence-corrected chi connectivity index (χ3v) is 4.80. The second-order valence-corrected chi connectivity index (χ2v) is 7.19. The Morgan fingerprint density at radius 3 is 2.24 bits per heavy atom. The van der Waals surface area contributed by atoms with Gasteiger partial charge in [0.1, 0.15) is 4.90 Å². The molecule has 1 radical (unpaired) electrons. The largest absolute Gasteiger partial charge is 0.296 e. The van der Waals surface area contributed by atoms with Gasteiger partial charge in [0.2, 0.25) is 0 Å². The van der Waals surface area contributed by atoms with Crippen LogP contribution in [0.5, 0.6) is 0 Å². The van der Waals surface area contributed by atoms with E-state index in [1.807, 2.05) is 0 Å². The third kappa shape index (κ3) is 3.42. The van der Waals surface area contributed by atoms with Crippen molar-refractivity contribution in [2.75, 3.05) is 0 Å². The molecule has 0 saturated heterocycles. The van der Waals surface area contributed by atoms with Crippen LogP contribution in [0.15, 0.2) is 46.2 Å². The minimum absolute atomic E-state index is 0.101. The van der Waals surface area contributed by atoms with Crippen LogP contribution < -0.4 is 0 Å². The second kappa shape index (κ2) is 5.39. The fourth-order valence-electron chi connectivity index (χ4n) is 1.74. The lowest BCUT2D eigenvalue weighted by molar-refractivity contribution is 0.481. The van der Waals surface area contributed by atoms with E-state index in [9.17, 15) is 21.4 Å². The summed E-state index contributed by atoms with van der Waals surface area (Å²) in [6.45, 7) is 0. The van der Waals surface area contributed by atoms with Gasteiger partial charge in [-0.2, -0.15) is 16.8 Å². The molecule has 0 aromatic heterocycles. The van der Waals surface area contributed by atoms with E-state index in [2.05, 4.69) is 6.07 Å². The average molecular weight is 348 g/mol. The van der Waals surface area contributed by atoms with Crippen LogP contribution in [0, 0.1) is 6.07 Å². The van der Waals surface area contributed by atoms with Gasteiger partial charge >= 0.3 is 0 Å². The molecule has 0 atom stereocenters. The predicted octanol–water partition coefficient (Wildman–Crippen LogP) is 2.30. The van der Waals surface area contributed by atoms with Crippen molar-refractivity contribution in [3.05, 3.63) is 47.5 Å². The van der Waals surface area contributed by atoms with Gasteiger partial charge in [-0.05, 0) is 29.8 Å². The highest BCUT2D eigenvalue weighted by Crippen LogP contribution is 2.33. The summed E-state index contributed by atoms with van der Waals surface area (Å²) in [6, 6.07) is 10.0. The normalized spacial score (nSPS) is 12.3. The Morgan fingerprint density at radius 2 is 1.67 bits per heavy atom. The van der Waals surface area contributed by atoms with E-state index in [0.29, 0.717) is 0 Å². The molecule has 0 saturated carbocycles. The lowest BCUT2D eigenvalue weighted by Gasteiger charge is -2.09. The van der Waals surface area contributed by atoms with E-state index in [-0.39, 0.29) is 16.1 Å². The summed E-state index contributed by atoms with van der Waals surface area (Å²) in [4.78, 5) is -1.01. The van der Waals surface area contributed by atoms with E-state index in [0.717, 1.165) is 12.1 Å². The molecule has 2 rings (SSSR count). The Hall–Kier alpha value is -1.45. The lowest BCUT2D eigenvalue weighted by Crippen LogP contribution is -2.03. The molecule has 0 unspecified atom stereocenters. The smallest absolute Gasteiger partial charge is 0.282 e. The average Bonchev–Trinajstić information content (AvgIpc) is 2.36. The Kier molecular flexibility index (Phi) is 4.09. The minimum Gasteiger partial charge on any atom is -0.282 e. The Morgan fingerprint density at radius 1 is 1.00 bits per heavy atom. The Bertz CT molecular complexity index is 903. The summed E-state index contributed by atoms with van der Waals surface area (Å²) in [6.07, 6.45) is 0. The van der Waals surface area contributed by atoms with Gasteiger partial charge in [0.15, 0.2) is 0 Å². The maximum Gasteiger partial charge on any atom is 0.296 e. The molecule has 0 spiro atoms. The predicted molar refractivity (Wildman–Crippen MR) is 75.4 cm³/mol. The van der Waals surface area contributed by atoms with Crippen LogP contribution in [0.2, 0.25) is 5.02 Å². The molecule has 0 aliphatic heterocycles. The maximum absolute atomic E-state index is 11.4. The molecule has 6 nitrogen and oxygen atoms in total. The zero-order valence-electron chi connectivity index (χ0n) is 10.2. The molecule has 21 heavy (non-hydrogen) atoms. The summed E-state index contributed by atoms with van der Waals surface area (Å²) in [5.41, 5.74) is 0.00995. The van der Waals surface area contributed by atoms with Gasteiger partial charge in [0, 0.05) is 5.56 Å². The summed E-state index contributed by atoms with van der Waals surface area (Å²) in [7, 11) is -9.09. The van der Waals surface area contributed by atoms with Crippen LogP contribution in [-0.4, -0.2) is 25.9 Å². The van der Waals surface area contributed by atoms with E-state index in [1.165, 1.54) is 24.3 Å². The van der Waals surface area contributed by atoms with Crippen LogP contribution in [0.3, 0.4) is 0 Å². The van der Waals surface area contributed by atoms with Crippen LogP contribution in [0.1, 0.15) is 0 Å². The molecule has 0 amide bonds. The highest BCUT2D eigenvalue weighted by atomic mass is 35.5. The highest BCUT2D eigenvalue weighted by Gasteiger charge is 2.21. The highest BCUT2D eigenvalue weighted by molar-refractivity contribution is 7.86. The first-order valence-corrected chi connectivity index (χ1v) is 8.62. The molecule has 9 heteroatoms. The van der Waals surface area contributed by atoms with E-state index < -0.39 is 30.0 Å². The van der Waals surface area contributed by atoms with Crippen molar-refractivity contribution in [3.8, 4) is 11.1 Å². The van der Waals surface area contributed by atoms with Crippen LogP contribution in [0.25, 0.3) is 11.1 Å². The van der Waals surface area contributed by atoms with Crippen molar-refractivity contribution in [1.82, 2.24) is 0 Å². The number of halogens is 1. The molecular formula is C12H8ClO6S2. The molecule has 2 aromatic rings. The molecule has 0 heterocycles. The van der Waals surface area contributed by atoms with Crippen molar-refractivity contribution in [3.63, 3.8) is 0 Å². The van der Waals surface area contributed by atoms with E-state index in [4.69, 9.17) is 16.2 Å². The molecular weight excluding hydrogens is 340 g/mol. The first-order valence-electron chi connectivity index (χ1n) is 5.36. The van der Waals surface area contributed by atoms with Gasteiger partial charge in [0.05, 0.1) is 9.92 Å². The summed E-state index contributed by atoms with van der Waals surface area (Å²) < 4.78 is 63.3. The van der Waals surface area contributed by atoms with Gasteiger partial charge < -0.3 is 0 Å². The Labute approximate surface area is 126 Å². The quantitative estimate of drug-likeness (QED) is 0.824. The van der Waals surface area contributed by atoms with E-state index >= 15 is 0 Å². The lowest BCUT2D eigenvalue weighted by atomic mass is 10.1. The molecule has 0 aliphatic rings. The fraction of sp³-hybridized carbons (Fsp3) is 0. The van der Waals surface area contributed by atoms with Crippen molar-refractivity contribution in [2.24, 2.45) is 0 Å². The number of hydrogen-bond donors (Lipinski definition) is 2. The molecule has 2 N–H and O–H groups in total. The molecule has 0 bridgehead atoms. The van der Waals surface area contributed by atoms with Gasteiger partial charge in [-0.25, -0.2) is 0 Å². The zero-order chi connectivity index (χ0) is 15.8. The molecule has 2 aromatic carbocycles. The number of benzene rings is 2. The molecule has 0 fully saturated rings. The number of rotatable bonds is 3. The maximum atomic E-state index is 11.4. The first kappa shape index (κ1) is 15.9. The fourth-order valence-corrected chi connectivity index (χ4v) is 3.46. The van der Waals surface area contributed by atoms with E-state index in [1.54, 1.807) is 0 Å². The van der Waals surface area contributed by atoms with Gasteiger partial charge in [-0.1, -0.05) is 29.8 Å². The molecule has 111 valence electrons.